The number of benzene rings is 1. The van der Waals surface area contributed by atoms with Crippen molar-refractivity contribution in [3.8, 4) is 11.8 Å². The van der Waals surface area contributed by atoms with Crippen LogP contribution < -0.4 is 0 Å². The van der Waals surface area contributed by atoms with E-state index in [0.29, 0.717) is 6.04 Å². The predicted molar refractivity (Wildman–Crippen MR) is 95.4 cm³/mol. The highest BCUT2D eigenvalue weighted by molar-refractivity contribution is 7.10. The molecule has 4 heteroatoms. The Bertz CT molecular complexity index is 686. The fraction of sp³-hybridized carbons (Fsp3) is 0.368. The van der Waals surface area contributed by atoms with Gasteiger partial charge in [0.2, 0.25) is 0 Å². The van der Waals surface area contributed by atoms with E-state index in [4.69, 9.17) is 5.11 Å². The Hall–Kier alpha value is -1.64. The van der Waals surface area contributed by atoms with Gasteiger partial charge in [-0.2, -0.15) is 0 Å². The lowest BCUT2D eigenvalue weighted by atomic mass is 10.0. The molecule has 1 saturated heterocycles. The van der Waals surface area contributed by atoms with Crippen LogP contribution in [0.4, 0.5) is 0 Å². The summed E-state index contributed by atoms with van der Waals surface area (Å²) in [5.41, 5.74) is 2.39. The Morgan fingerprint density at radius 1 is 1.26 bits per heavy atom. The van der Waals surface area contributed by atoms with Gasteiger partial charge in [-0.15, -0.1) is 11.3 Å². The van der Waals surface area contributed by atoms with E-state index in [1.54, 1.807) is 11.3 Å². The first-order valence-electron chi connectivity index (χ1n) is 7.91. The van der Waals surface area contributed by atoms with Gasteiger partial charge in [0.15, 0.2) is 0 Å². The highest BCUT2D eigenvalue weighted by atomic mass is 32.1. The zero-order chi connectivity index (χ0) is 16.1. The normalized spacial score (nSPS) is 19.3. The predicted octanol–water partition coefficient (Wildman–Crippen LogP) is 2.58. The van der Waals surface area contributed by atoms with E-state index >= 15 is 0 Å². The molecule has 2 aromatic rings. The molecule has 120 valence electrons. The first-order valence-corrected chi connectivity index (χ1v) is 8.79. The molecule has 0 saturated carbocycles. The van der Waals surface area contributed by atoms with Crippen molar-refractivity contribution in [2.24, 2.45) is 0 Å². The lowest BCUT2D eigenvalue weighted by Gasteiger charge is -2.40. The van der Waals surface area contributed by atoms with E-state index in [1.165, 1.54) is 10.4 Å². The maximum absolute atomic E-state index is 8.80. The summed E-state index contributed by atoms with van der Waals surface area (Å²) in [7, 11) is 2.20. The zero-order valence-electron chi connectivity index (χ0n) is 13.4. The highest BCUT2D eigenvalue weighted by Gasteiger charge is 2.26. The van der Waals surface area contributed by atoms with Gasteiger partial charge in [0.05, 0.1) is 0 Å². The third kappa shape index (κ3) is 4.21. The quantitative estimate of drug-likeness (QED) is 0.878. The van der Waals surface area contributed by atoms with Crippen molar-refractivity contribution in [2.45, 2.75) is 12.6 Å². The lowest BCUT2D eigenvalue weighted by Crippen LogP contribution is -2.46. The molecular weight excluding hydrogens is 304 g/mol. The van der Waals surface area contributed by atoms with Crippen molar-refractivity contribution in [3.63, 3.8) is 0 Å². The first kappa shape index (κ1) is 16.2. The summed E-state index contributed by atoms with van der Waals surface area (Å²) < 4.78 is 0. The molecule has 1 aliphatic rings. The van der Waals surface area contributed by atoms with E-state index in [9.17, 15) is 0 Å². The van der Waals surface area contributed by atoms with Gasteiger partial charge in [0.25, 0.3) is 0 Å². The molecule has 1 aliphatic heterocycles. The number of thiophene rings is 1. The molecule has 0 spiro atoms. The molecule has 0 amide bonds. The molecule has 3 rings (SSSR count). The lowest BCUT2D eigenvalue weighted by molar-refractivity contribution is 0.0843. The molecule has 2 heterocycles. The van der Waals surface area contributed by atoms with Gasteiger partial charge in [0.1, 0.15) is 6.61 Å². The van der Waals surface area contributed by atoms with E-state index in [1.807, 2.05) is 0 Å². The third-order valence-electron chi connectivity index (χ3n) is 4.20. The van der Waals surface area contributed by atoms with Crippen molar-refractivity contribution >= 4 is 11.3 Å². The van der Waals surface area contributed by atoms with Crippen LogP contribution >= 0.6 is 11.3 Å². The molecular formula is C19H22N2OS. The molecule has 3 nitrogen and oxygen atoms in total. The summed E-state index contributed by atoms with van der Waals surface area (Å²) in [6.45, 7) is 4.11. The van der Waals surface area contributed by atoms with Crippen LogP contribution in [0.5, 0.6) is 0 Å². The van der Waals surface area contributed by atoms with Crippen molar-refractivity contribution in [3.05, 3.63) is 57.8 Å². The average Bonchev–Trinajstić information content (AvgIpc) is 3.03. The Labute approximate surface area is 142 Å². The Balaban J connectivity index is 1.75. The highest BCUT2D eigenvalue weighted by Crippen LogP contribution is 2.28. The molecule has 1 unspecified atom stereocenters. The van der Waals surface area contributed by atoms with E-state index < -0.39 is 0 Å². The Morgan fingerprint density at radius 2 is 2.09 bits per heavy atom. The van der Waals surface area contributed by atoms with Crippen molar-refractivity contribution in [1.29, 1.82) is 0 Å². The maximum atomic E-state index is 8.80. The molecule has 1 aromatic carbocycles. The minimum Gasteiger partial charge on any atom is -0.384 e. The van der Waals surface area contributed by atoms with Crippen LogP contribution in [0.2, 0.25) is 0 Å². The smallest absolute Gasteiger partial charge is 0.104 e. The zero-order valence-corrected chi connectivity index (χ0v) is 14.2. The van der Waals surface area contributed by atoms with Crippen LogP contribution in [0, 0.1) is 11.8 Å². The van der Waals surface area contributed by atoms with Crippen LogP contribution in [0.3, 0.4) is 0 Å². The van der Waals surface area contributed by atoms with Crippen LogP contribution in [-0.2, 0) is 6.54 Å². The molecule has 0 aliphatic carbocycles. The van der Waals surface area contributed by atoms with Crippen molar-refractivity contribution in [1.82, 2.24) is 9.80 Å². The van der Waals surface area contributed by atoms with Gasteiger partial charge in [-0.25, -0.2) is 0 Å². The topological polar surface area (TPSA) is 26.7 Å². The van der Waals surface area contributed by atoms with Gasteiger partial charge in [-0.05, 0) is 18.7 Å². The number of rotatable bonds is 3. The summed E-state index contributed by atoms with van der Waals surface area (Å²) in [6.07, 6.45) is 0. The fourth-order valence-electron chi connectivity index (χ4n) is 3.01. The molecule has 1 atom stereocenters. The minimum absolute atomic E-state index is 0.0836. The number of hydrogen-bond donors (Lipinski definition) is 1. The van der Waals surface area contributed by atoms with E-state index in [-0.39, 0.29) is 6.61 Å². The summed E-state index contributed by atoms with van der Waals surface area (Å²) >= 11 is 1.75. The third-order valence-corrected chi connectivity index (χ3v) is 5.12. The van der Waals surface area contributed by atoms with Crippen LogP contribution in [0.1, 0.15) is 22.0 Å². The maximum Gasteiger partial charge on any atom is 0.104 e. The van der Waals surface area contributed by atoms with Crippen molar-refractivity contribution in [2.75, 3.05) is 33.3 Å². The van der Waals surface area contributed by atoms with Gasteiger partial charge < -0.3 is 10.0 Å². The SMILES string of the molecule is CN1CCN(Cc2cc(C#CCO)cs2)C(c2ccccc2)C1. The first-order chi connectivity index (χ1) is 11.3. The largest absolute Gasteiger partial charge is 0.384 e. The second-order valence-electron chi connectivity index (χ2n) is 5.92. The summed E-state index contributed by atoms with van der Waals surface area (Å²) in [5, 5.41) is 10.9. The number of nitrogens with zero attached hydrogens (tertiary/aromatic N) is 2. The number of aliphatic hydroxyl groups is 1. The fourth-order valence-corrected chi connectivity index (χ4v) is 3.85. The number of piperazine rings is 1. The summed E-state index contributed by atoms with van der Waals surface area (Å²) in [4.78, 5) is 6.29. The van der Waals surface area contributed by atoms with Gasteiger partial charge in [-0.3, -0.25) is 4.90 Å². The molecule has 0 radical (unpaired) electrons. The Morgan fingerprint density at radius 3 is 2.87 bits per heavy atom. The summed E-state index contributed by atoms with van der Waals surface area (Å²) in [5.74, 6) is 5.70. The average molecular weight is 326 g/mol. The van der Waals surface area contributed by atoms with Crippen LogP contribution in [0.25, 0.3) is 0 Å². The molecule has 0 bridgehead atoms. The van der Waals surface area contributed by atoms with Gasteiger partial charge >= 0.3 is 0 Å². The molecule has 1 aromatic heterocycles. The standard InChI is InChI=1S/C19H22N2OS/c1-20-9-10-21(19(14-20)17-7-3-2-4-8-17)13-18-12-16(15-23-18)6-5-11-22/h2-4,7-8,12,15,19,22H,9-11,13-14H2,1H3. The second-order valence-corrected chi connectivity index (χ2v) is 6.92. The second kappa shape index (κ2) is 7.76. The molecule has 23 heavy (non-hydrogen) atoms. The van der Waals surface area contributed by atoms with Gasteiger partial charge in [0, 0.05) is 48.0 Å². The van der Waals surface area contributed by atoms with Crippen molar-refractivity contribution < 1.29 is 5.11 Å². The molecule has 1 N–H and O–H groups in total. The monoisotopic (exact) mass is 326 g/mol. The number of aliphatic hydroxyl groups excluding tert-OH is 1. The van der Waals surface area contributed by atoms with E-state index in [2.05, 4.69) is 70.5 Å². The number of likely N-dealkylation sites (N-methyl/N-ethyl adjacent to an activating group) is 1. The van der Waals surface area contributed by atoms with Gasteiger partial charge in [-0.1, -0.05) is 42.2 Å². The van der Waals surface area contributed by atoms with Crippen LogP contribution in [-0.4, -0.2) is 48.2 Å². The van der Waals surface area contributed by atoms with E-state index in [0.717, 1.165) is 31.7 Å². The van der Waals surface area contributed by atoms with Crippen LogP contribution in [0.15, 0.2) is 41.8 Å². The Kier molecular flexibility index (Phi) is 5.47. The summed E-state index contributed by atoms with van der Waals surface area (Å²) in [6, 6.07) is 13.3. The minimum atomic E-state index is -0.0836. The molecule has 1 fully saturated rings. The number of hydrogen-bond acceptors (Lipinski definition) is 4.